The summed E-state index contributed by atoms with van der Waals surface area (Å²) in [6.07, 6.45) is -1.64. The number of urea groups is 1. The zero-order valence-electron chi connectivity index (χ0n) is 34.4. The van der Waals surface area contributed by atoms with Crippen LogP contribution in [0.4, 0.5) is 9.18 Å². The normalized spacial score (nSPS) is 29.5. The second kappa shape index (κ2) is 11.1. The summed E-state index contributed by atoms with van der Waals surface area (Å²) >= 11 is 0. The van der Waals surface area contributed by atoms with Crippen molar-refractivity contribution in [3.05, 3.63) is 65.5 Å². The lowest BCUT2D eigenvalue weighted by Crippen LogP contribution is -2.49. The third kappa shape index (κ3) is 7.24. The Hall–Kier alpha value is -2.60. The van der Waals surface area contributed by atoms with Crippen molar-refractivity contribution >= 4 is 6.03 Å². The van der Waals surface area contributed by atoms with E-state index in [-0.39, 0.29) is 28.3 Å². The molecule has 2 aromatic carbocycles. The Balaban J connectivity index is 1.91. The van der Waals surface area contributed by atoms with Crippen LogP contribution >= 0.6 is 0 Å². The van der Waals surface area contributed by atoms with Gasteiger partial charge in [0.15, 0.2) is 0 Å². The second-order valence-electron chi connectivity index (χ2n) is 6.58. The second-order valence-corrected chi connectivity index (χ2v) is 6.58. The van der Waals surface area contributed by atoms with E-state index in [0.29, 0.717) is 4.90 Å². The molecule has 0 saturated carbocycles. The van der Waals surface area contributed by atoms with Crippen LogP contribution in [0.3, 0.4) is 0 Å². The molecule has 2 amide bonds. The lowest BCUT2D eigenvalue weighted by atomic mass is 10.0. The fourth-order valence-electron chi connectivity index (χ4n) is 2.72. The van der Waals surface area contributed by atoms with Gasteiger partial charge in [-0.05, 0) is 74.1 Å². The van der Waals surface area contributed by atoms with Crippen molar-refractivity contribution in [3.8, 4) is 5.75 Å². The number of benzene rings is 2. The molecule has 0 atom stereocenters. The molecule has 1 heterocycles. The minimum Gasteiger partial charge on any atom is -0.493 e. The summed E-state index contributed by atoms with van der Waals surface area (Å²) in [5.74, 6) is -4.78. The van der Waals surface area contributed by atoms with E-state index in [1.54, 1.807) is 0 Å². The number of piperidine rings is 1. The molecule has 6 heteroatoms. The van der Waals surface area contributed by atoms with Crippen LogP contribution in [-0.4, -0.2) is 48.4 Å². The molecule has 5 nitrogen and oxygen atoms in total. The summed E-state index contributed by atoms with van der Waals surface area (Å²) in [5.41, 5.74) is 0.00833. The first-order chi connectivity index (χ1) is 21.9. The summed E-state index contributed by atoms with van der Waals surface area (Å²) in [6, 6.07) is 5.89. The summed E-state index contributed by atoms with van der Waals surface area (Å²) in [5, 5.41) is 2.42. The van der Waals surface area contributed by atoms with Gasteiger partial charge in [-0.15, -0.1) is 0 Å². The van der Waals surface area contributed by atoms with Gasteiger partial charge in [0.1, 0.15) is 11.6 Å². The van der Waals surface area contributed by atoms with Crippen LogP contribution in [0.2, 0.25) is 0 Å². The highest BCUT2D eigenvalue weighted by Crippen LogP contribution is 2.19. The van der Waals surface area contributed by atoms with Crippen LogP contribution < -0.4 is 10.1 Å². The molecule has 168 valence electrons. The van der Waals surface area contributed by atoms with Crippen molar-refractivity contribution in [1.82, 2.24) is 15.1 Å². The van der Waals surface area contributed by atoms with Crippen molar-refractivity contribution in [3.63, 3.8) is 0 Å². The predicted octanol–water partition coefficient (Wildman–Crippen LogP) is 4.67. The van der Waals surface area contributed by atoms with E-state index in [1.807, 2.05) is 0 Å². The zero-order chi connectivity index (χ0) is 37.8. The maximum Gasteiger partial charge on any atom is 0.318 e. The number of carbonyl (C=O) groups excluding carboxylic acids is 1. The topological polar surface area (TPSA) is 44.8 Å². The number of halogens is 1. The predicted molar refractivity (Wildman–Crippen MR) is 121 cm³/mol. The molecule has 0 unspecified atom stereocenters. The van der Waals surface area contributed by atoms with E-state index in [4.69, 9.17) is 29.4 Å². The van der Waals surface area contributed by atoms with Crippen LogP contribution in [0.25, 0.3) is 0 Å². The number of nitrogens with one attached hydrogen (secondary N) is 1. The average Bonchev–Trinajstić information content (AvgIpc) is 2.88. The van der Waals surface area contributed by atoms with Gasteiger partial charge in [0.2, 0.25) is 0 Å². The van der Waals surface area contributed by atoms with E-state index in [2.05, 4.69) is 5.32 Å². The van der Waals surface area contributed by atoms with Crippen molar-refractivity contribution in [2.45, 2.75) is 45.6 Å². The van der Waals surface area contributed by atoms with Crippen LogP contribution in [0.15, 0.2) is 48.5 Å². The molecule has 2 aromatic rings. The van der Waals surface area contributed by atoms with Crippen LogP contribution in [-0.2, 0) is 13.0 Å². The van der Waals surface area contributed by atoms with Crippen LogP contribution in [0.5, 0.6) is 5.75 Å². The van der Waals surface area contributed by atoms with E-state index < -0.39 is 83.4 Å². The third-order valence-corrected chi connectivity index (χ3v) is 4.29. The first kappa shape index (κ1) is 9.10. The van der Waals surface area contributed by atoms with Gasteiger partial charge >= 0.3 is 6.03 Å². The summed E-state index contributed by atoms with van der Waals surface area (Å²) in [7, 11) is 0. The Morgan fingerprint density at radius 1 is 1.26 bits per heavy atom. The summed E-state index contributed by atoms with van der Waals surface area (Å²) in [6.45, 7) is -23.0. The number of ether oxygens (including phenoxy) is 1. The fraction of sp³-hybridized carbons (Fsp3) is 0.480. The smallest absolute Gasteiger partial charge is 0.318 e. The van der Waals surface area contributed by atoms with Gasteiger partial charge in [-0.3, -0.25) is 0 Å². The molecular formula is C25H34FN3O2. The van der Waals surface area contributed by atoms with Gasteiger partial charge in [-0.1, -0.05) is 38.0 Å². The summed E-state index contributed by atoms with van der Waals surface area (Å²) < 4.78 is 162. The number of carbonyl (C=O) groups is 1. The van der Waals surface area contributed by atoms with Gasteiger partial charge in [0, 0.05) is 38.3 Å². The van der Waals surface area contributed by atoms with E-state index >= 15 is 0 Å². The lowest BCUT2D eigenvalue weighted by Gasteiger charge is -2.37. The van der Waals surface area contributed by atoms with E-state index in [9.17, 15) is 9.18 Å². The molecule has 1 aliphatic rings. The molecule has 1 saturated heterocycles. The molecule has 0 aliphatic carbocycles. The number of hydrogen-bond acceptors (Lipinski definition) is 3. The highest BCUT2D eigenvalue weighted by molar-refractivity contribution is 5.74. The van der Waals surface area contributed by atoms with Crippen molar-refractivity contribution in [2.24, 2.45) is 5.89 Å². The Labute approximate surface area is 210 Å². The number of amides is 2. The number of likely N-dealkylation sites (tertiary alicyclic amines) is 1. The Morgan fingerprint density at radius 3 is 2.58 bits per heavy atom. The molecule has 1 aliphatic heterocycles. The molecule has 3 rings (SSSR count). The van der Waals surface area contributed by atoms with Crippen LogP contribution in [0, 0.1) is 11.7 Å². The minimum absolute atomic E-state index is 0.0556. The first-order valence-corrected chi connectivity index (χ1v) is 9.30. The van der Waals surface area contributed by atoms with Crippen molar-refractivity contribution in [2.75, 3.05) is 26.5 Å². The van der Waals surface area contributed by atoms with Gasteiger partial charge in [-0.25, -0.2) is 9.18 Å². The molecular weight excluding hydrogens is 393 g/mol. The van der Waals surface area contributed by atoms with E-state index in [0.717, 1.165) is 36.4 Å². The maximum atomic E-state index is 13.7. The first-order valence-electron chi connectivity index (χ1n) is 18.3. The SMILES string of the molecule is [2H]C([2H])([2H])N1C([2H])([2H])CC(N(C(=O)NCc2ccc(OC([2H])([2H])C([2H])(C([2H])([2H])[2H])C([2H])([2H])[2H])cc2)C([2H])([2H])c2ccc(F)cc2)CC1([2H])[2H]. The minimum atomic E-state index is -3.68. The molecule has 1 fully saturated rings. The molecule has 0 bridgehead atoms. The summed E-state index contributed by atoms with van der Waals surface area (Å²) in [4.78, 5) is 14.3. The quantitative estimate of drug-likeness (QED) is 0.642. The molecule has 0 aromatic heterocycles. The third-order valence-electron chi connectivity index (χ3n) is 4.29. The number of hydrogen-bond donors (Lipinski definition) is 1. The molecule has 1 N–H and O–H groups in total. The number of nitrogens with zero attached hydrogens (tertiary/aromatic N) is 2. The standard InChI is InChI=1S/C25H34FN3O2/c1-19(2)18-31-24-10-6-20(7-11-24)16-27-25(30)29(23-12-14-28(3)15-13-23)17-21-4-8-22(26)9-5-21/h4-11,19,23H,12-18H2,1-3H3,(H,27,30)/i1D3,2D3,3D3,14D2,15D2,17D2,18D2,19D. The molecule has 0 spiro atoms. The fourth-order valence-corrected chi connectivity index (χ4v) is 2.72. The van der Waals surface area contributed by atoms with Crippen molar-refractivity contribution in [1.29, 1.82) is 0 Å². The Morgan fingerprint density at radius 2 is 1.94 bits per heavy atom. The molecule has 31 heavy (non-hydrogen) atoms. The lowest BCUT2D eigenvalue weighted by molar-refractivity contribution is 0.127. The van der Waals surface area contributed by atoms with Gasteiger partial charge in [0.25, 0.3) is 0 Å². The highest BCUT2D eigenvalue weighted by atomic mass is 19.1. The number of rotatable bonds is 8. The Kier molecular flexibility index (Phi) is 3.27. The maximum absolute atomic E-state index is 13.7. The highest BCUT2D eigenvalue weighted by Gasteiger charge is 2.27. The van der Waals surface area contributed by atoms with Crippen LogP contribution in [0.1, 0.15) is 62.3 Å². The van der Waals surface area contributed by atoms with E-state index in [1.165, 1.54) is 12.1 Å². The molecule has 0 radical (unpaired) electrons. The zero-order valence-corrected chi connectivity index (χ0v) is 16.4. The largest absolute Gasteiger partial charge is 0.493 e. The average molecular weight is 446 g/mol. The van der Waals surface area contributed by atoms with Gasteiger partial charge in [0.05, 0.1) is 12.0 Å². The monoisotopic (exact) mass is 445 g/mol. The van der Waals surface area contributed by atoms with Gasteiger partial charge in [-0.2, -0.15) is 0 Å². The van der Waals surface area contributed by atoms with Gasteiger partial charge < -0.3 is 19.9 Å². The Bertz CT molecular complexity index is 1440. The van der Waals surface area contributed by atoms with Crippen molar-refractivity contribution < 1.29 is 38.6 Å².